The van der Waals surface area contributed by atoms with E-state index < -0.39 is 17.2 Å². The van der Waals surface area contributed by atoms with Crippen LogP contribution in [-0.2, 0) is 9.59 Å². The van der Waals surface area contributed by atoms with Gasteiger partial charge in [-0.3, -0.25) is 14.4 Å². The third-order valence-corrected chi connectivity index (χ3v) is 6.58. The monoisotopic (exact) mass is 570 g/mol. The van der Waals surface area contributed by atoms with E-state index in [1.807, 2.05) is 32.0 Å². The maximum Gasteiger partial charge on any atom is 0.273 e. The van der Waals surface area contributed by atoms with Gasteiger partial charge < -0.3 is 30.9 Å². The average Bonchev–Trinajstić information content (AvgIpc) is 2.88. The van der Waals surface area contributed by atoms with Crippen molar-refractivity contribution in [1.82, 2.24) is 25.8 Å². The summed E-state index contributed by atoms with van der Waals surface area (Å²) in [4.78, 5) is 45.6. The molecule has 1 aliphatic rings. The molecule has 1 saturated heterocycles. The first-order valence-corrected chi connectivity index (χ1v) is 13.9. The second-order valence-electron chi connectivity index (χ2n) is 10.5. The van der Waals surface area contributed by atoms with E-state index in [2.05, 4.69) is 31.2 Å². The van der Waals surface area contributed by atoms with Crippen LogP contribution in [0.2, 0.25) is 5.02 Å². The number of carbonyl (C=O) groups excluding carboxylic acids is 3. The minimum absolute atomic E-state index is 0.0581. The van der Waals surface area contributed by atoms with Crippen molar-refractivity contribution in [1.29, 1.82) is 0 Å². The van der Waals surface area contributed by atoms with Gasteiger partial charge in [-0.1, -0.05) is 43.6 Å². The van der Waals surface area contributed by atoms with Gasteiger partial charge in [0.2, 0.25) is 11.8 Å². The van der Waals surface area contributed by atoms with E-state index in [4.69, 9.17) is 16.3 Å². The van der Waals surface area contributed by atoms with Crippen LogP contribution in [0.4, 0.5) is 5.69 Å². The molecule has 2 aromatic rings. The SMILES string of the molecule is CCOc1ncc(Cl)cc1C(=O)NCC(C)(C)CC(=O)N/C(C(=O)Nc1ccccc1)=C(\C)NCCN1CCC1. The van der Waals surface area contributed by atoms with Gasteiger partial charge in [-0.05, 0) is 57.0 Å². The Morgan fingerprint density at radius 3 is 2.50 bits per heavy atom. The van der Waals surface area contributed by atoms with Gasteiger partial charge in [-0.2, -0.15) is 0 Å². The molecule has 3 amide bonds. The lowest BCUT2D eigenvalue weighted by Gasteiger charge is -2.30. The molecule has 0 radical (unpaired) electrons. The molecule has 0 atom stereocenters. The number of nitrogens with zero attached hydrogens (tertiary/aromatic N) is 2. The number of pyridine rings is 1. The first-order chi connectivity index (χ1) is 19.1. The molecule has 2 heterocycles. The molecule has 0 unspecified atom stereocenters. The number of aromatic nitrogens is 1. The summed E-state index contributed by atoms with van der Waals surface area (Å²) in [5, 5.41) is 12.1. The number of hydrogen-bond acceptors (Lipinski definition) is 7. The highest BCUT2D eigenvalue weighted by Crippen LogP contribution is 2.22. The Morgan fingerprint density at radius 2 is 1.85 bits per heavy atom. The summed E-state index contributed by atoms with van der Waals surface area (Å²) in [6, 6.07) is 10.6. The fraction of sp³-hybridized carbons (Fsp3) is 0.448. The number of allylic oxidation sites excluding steroid dienone is 1. The van der Waals surface area contributed by atoms with Crippen LogP contribution in [0.25, 0.3) is 0 Å². The summed E-state index contributed by atoms with van der Waals surface area (Å²) in [6.07, 6.45) is 2.68. The van der Waals surface area contributed by atoms with E-state index in [1.165, 1.54) is 18.7 Å². The van der Waals surface area contributed by atoms with Crippen LogP contribution >= 0.6 is 11.6 Å². The van der Waals surface area contributed by atoms with Crippen molar-refractivity contribution in [3.8, 4) is 5.88 Å². The number of ether oxygens (including phenoxy) is 1. The normalized spacial score (nSPS) is 13.9. The fourth-order valence-electron chi connectivity index (χ4n) is 4.07. The summed E-state index contributed by atoms with van der Waals surface area (Å²) in [7, 11) is 0. The number of rotatable bonds is 14. The molecule has 0 aliphatic carbocycles. The van der Waals surface area contributed by atoms with Crippen LogP contribution in [0.15, 0.2) is 54.0 Å². The summed E-state index contributed by atoms with van der Waals surface area (Å²) < 4.78 is 5.45. The molecule has 216 valence electrons. The molecule has 0 bridgehead atoms. The smallest absolute Gasteiger partial charge is 0.273 e. The molecule has 0 spiro atoms. The van der Waals surface area contributed by atoms with Gasteiger partial charge in [0.25, 0.3) is 11.8 Å². The van der Waals surface area contributed by atoms with Gasteiger partial charge in [-0.15, -0.1) is 0 Å². The van der Waals surface area contributed by atoms with Crippen molar-refractivity contribution in [3.63, 3.8) is 0 Å². The number of likely N-dealkylation sites (tertiary alicyclic amines) is 1. The van der Waals surface area contributed by atoms with Crippen LogP contribution in [0.1, 0.15) is 50.9 Å². The van der Waals surface area contributed by atoms with E-state index in [0.717, 1.165) is 19.6 Å². The number of nitrogens with one attached hydrogen (secondary N) is 4. The molecule has 10 nitrogen and oxygen atoms in total. The largest absolute Gasteiger partial charge is 0.477 e. The van der Waals surface area contributed by atoms with Gasteiger partial charge in [0, 0.05) is 43.6 Å². The molecule has 0 saturated carbocycles. The zero-order valence-corrected chi connectivity index (χ0v) is 24.4. The third kappa shape index (κ3) is 9.53. The van der Waals surface area contributed by atoms with Crippen molar-refractivity contribution in [2.75, 3.05) is 44.6 Å². The standard InChI is InChI=1S/C29H39ClN6O4/c1-5-40-28-23(16-21(30)18-32-28)26(38)33-19-29(3,4)17-24(37)35-25(20(2)31-12-15-36-13-9-14-36)27(39)34-22-10-7-6-8-11-22/h6-8,10-11,16,18,31H,5,9,12-15,17,19H2,1-4H3,(H,33,38)(H,34,39)(H,35,37)/b25-20+. The van der Waals surface area contributed by atoms with Gasteiger partial charge in [0.05, 0.1) is 11.6 Å². The van der Waals surface area contributed by atoms with Gasteiger partial charge in [-0.25, -0.2) is 4.98 Å². The zero-order chi connectivity index (χ0) is 29.1. The lowest BCUT2D eigenvalue weighted by Crippen LogP contribution is -2.42. The molecule has 4 N–H and O–H groups in total. The summed E-state index contributed by atoms with van der Waals surface area (Å²) in [5.41, 5.74) is 0.945. The maximum atomic E-state index is 13.2. The summed E-state index contributed by atoms with van der Waals surface area (Å²) in [5.74, 6) is -0.981. The molecular formula is C29H39ClN6O4. The molecule has 40 heavy (non-hydrogen) atoms. The van der Waals surface area contributed by atoms with Gasteiger partial charge >= 0.3 is 0 Å². The van der Waals surface area contributed by atoms with Crippen molar-refractivity contribution in [2.24, 2.45) is 5.41 Å². The highest BCUT2D eigenvalue weighted by molar-refractivity contribution is 6.30. The Labute approximate surface area is 240 Å². The van der Waals surface area contributed by atoms with E-state index in [9.17, 15) is 14.4 Å². The van der Waals surface area contributed by atoms with E-state index in [0.29, 0.717) is 29.6 Å². The highest BCUT2D eigenvalue weighted by Gasteiger charge is 2.26. The zero-order valence-electron chi connectivity index (χ0n) is 23.6. The second kappa shape index (κ2) is 14.7. The third-order valence-electron chi connectivity index (χ3n) is 6.38. The van der Waals surface area contributed by atoms with Gasteiger partial charge in [0.15, 0.2) is 0 Å². The Balaban J connectivity index is 1.64. The van der Waals surface area contributed by atoms with Crippen molar-refractivity contribution >= 4 is 35.0 Å². The fourth-order valence-corrected chi connectivity index (χ4v) is 4.23. The van der Waals surface area contributed by atoms with E-state index in [1.54, 1.807) is 26.0 Å². The molecule has 3 rings (SSSR count). The average molecular weight is 571 g/mol. The number of benzene rings is 1. The van der Waals surface area contributed by atoms with E-state index in [-0.39, 0.29) is 36.0 Å². The number of halogens is 1. The molecule has 11 heteroatoms. The Morgan fingerprint density at radius 1 is 1.12 bits per heavy atom. The second-order valence-corrected chi connectivity index (χ2v) is 10.9. The van der Waals surface area contributed by atoms with Crippen LogP contribution in [0, 0.1) is 5.41 Å². The highest BCUT2D eigenvalue weighted by atomic mass is 35.5. The Bertz CT molecular complexity index is 1210. The predicted molar refractivity (Wildman–Crippen MR) is 156 cm³/mol. The van der Waals surface area contributed by atoms with Crippen molar-refractivity contribution < 1.29 is 19.1 Å². The number of carbonyl (C=O) groups is 3. The predicted octanol–water partition coefficient (Wildman–Crippen LogP) is 3.56. The minimum Gasteiger partial charge on any atom is -0.477 e. The molecule has 1 aromatic heterocycles. The number of anilines is 1. The quantitative estimate of drug-likeness (QED) is 0.256. The van der Waals surface area contributed by atoms with Crippen LogP contribution in [0.3, 0.4) is 0 Å². The molecule has 1 aromatic carbocycles. The lowest BCUT2D eigenvalue weighted by molar-refractivity contribution is -0.124. The van der Waals surface area contributed by atoms with Crippen molar-refractivity contribution in [3.05, 3.63) is 64.6 Å². The molecule has 1 aliphatic heterocycles. The maximum absolute atomic E-state index is 13.2. The first-order valence-electron chi connectivity index (χ1n) is 13.5. The number of amides is 3. The van der Waals surface area contributed by atoms with E-state index >= 15 is 0 Å². The molecular weight excluding hydrogens is 532 g/mol. The lowest BCUT2D eigenvalue weighted by atomic mass is 9.88. The van der Waals surface area contributed by atoms with Crippen LogP contribution in [-0.4, -0.2) is 66.9 Å². The summed E-state index contributed by atoms with van der Waals surface area (Å²) in [6.45, 7) is 11.5. The van der Waals surface area contributed by atoms with Crippen LogP contribution < -0.4 is 26.0 Å². The minimum atomic E-state index is -0.628. The first kappa shape index (κ1) is 30.9. The van der Waals surface area contributed by atoms with Crippen LogP contribution in [0.5, 0.6) is 5.88 Å². The number of para-hydroxylation sites is 1. The topological polar surface area (TPSA) is 125 Å². The summed E-state index contributed by atoms with van der Waals surface area (Å²) >= 11 is 6.03. The number of hydrogen-bond donors (Lipinski definition) is 4. The Hall–Kier alpha value is -3.63. The van der Waals surface area contributed by atoms with Crippen molar-refractivity contribution in [2.45, 2.75) is 40.5 Å². The molecule has 1 fully saturated rings. The Kier molecular flexibility index (Phi) is 11.3. The van der Waals surface area contributed by atoms with Gasteiger partial charge in [0.1, 0.15) is 11.3 Å².